The number of thioether (sulfide) groups is 1. The van der Waals surface area contributed by atoms with Crippen molar-refractivity contribution in [1.29, 1.82) is 0 Å². The third kappa shape index (κ3) is 5.88. The minimum Gasteiger partial charge on any atom is -0.497 e. The van der Waals surface area contributed by atoms with E-state index in [1.54, 1.807) is 23.8 Å². The molecule has 1 heterocycles. The minimum absolute atomic E-state index is 0.0147. The molecular weight excluding hydrogens is 409 g/mol. The first-order valence-electron chi connectivity index (χ1n) is 8.17. The van der Waals surface area contributed by atoms with Crippen LogP contribution in [-0.4, -0.2) is 39.9 Å². The fraction of sp³-hybridized carbons (Fsp3) is 0.167. The van der Waals surface area contributed by atoms with E-state index in [2.05, 4.69) is 20.3 Å². The Balaban J connectivity index is 1.60. The molecule has 0 aliphatic heterocycles. The zero-order valence-electron chi connectivity index (χ0n) is 15.0. The van der Waals surface area contributed by atoms with Crippen LogP contribution in [0, 0.1) is 0 Å². The maximum atomic E-state index is 12.3. The number of aromatic nitrogens is 3. The summed E-state index contributed by atoms with van der Waals surface area (Å²) in [6.45, 7) is 0. The van der Waals surface area contributed by atoms with E-state index in [4.69, 9.17) is 4.74 Å². The number of alkyl halides is 3. The molecule has 0 fully saturated rings. The third-order valence-electron chi connectivity index (χ3n) is 3.55. The largest absolute Gasteiger partial charge is 0.573 e. The number of halogens is 3. The number of anilines is 1. The highest BCUT2D eigenvalue weighted by molar-refractivity contribution is 7.99. The predicted molar refractivity (Wildman–Crippen MR) is 100 cm³/mol. The summed E-state index contributed by atoms with van der Waals surface area (Å²) in [5.74, 6) is -0.142. The van der Waals surface area contributed by atoms with Crippen LogP contribution in [0.5, 0.6) is 11.5 Å². The van der Waals surface area contributed by atoms with Gasteiger partial charge in [-0.15, -0.1) is 23.4 Å². The van der Waals surface area contributed by atoms with Gasteiger partial charge in [0.1, 0.15) is 17.8 Å². The lowest BCUT2D eigenvalue weighted by Gasteiger charge is -2.11. The summed E-state index contributed by atoms with van der Waals surface area (Å²) >= 11 is 1.13. The summed E-state index contributed by atoms with van der Waals surface area (Å²) in [7, 11) is 1.57. The highest BCUT2D eigenvalue weighted by atomic mass is 32.2. The Bertz CT molecular complexity index is 977. The van der Waals surface area contributed by atoms with Crippen molar-refractivity contribution in [2.45, 2.75) is 11.5 Å². The quantitative estimate of drug-likeness (QED) is 0.580. The SMILES string of the molecule is COc1ccc(-n2cnnc2SCC(=O)Nc2cccc(OC(F)(F)F)c2)cc1. The molecule has 152 valence electrons. The number of amides is 1. The summed E-state index contributed by atoms with van der Waals surface area (Å²) in [4.78, 5) is 12.2. The van der Waals surface area contributed by atoms with Crippen LogP contribution in [-0.2, 0) is 4.79 Å². The fourth-order valence-electron chi connectivity index (χ4n) is 2.34. The summed E-state index contributed by atoms with van der Waals surface area (Å²) in [5, 5.41) is 10.9. The molecule has 0 aliphatic carbocycles. The molecule has 0 saturated carbocycles. The number of hydrogen-bond acceptors (Lipinski definition) is 6. The average molecular weight is 424 g/mol. The van der Waals surface area contributed by atoms with Gasteiger partial charge >= 0.3 is 6.36 Å². The molecule has 1 aromatic heterocycles. The topological polar surface area (TPSA) is 78.3 Å². The van der Waals surface area contributed by atoms with Gasteiger partial charge in [0.15, 0.2) is 5.16 Å². The number of rotatable bonds is 7. The van der Waals surface area contributed by atoms with Crippen LogP contribution in [0.4, 0.5) is 18.9 Å². The molecular formula is C18H15F3N4O3S. The molecule has 29 heavy (non-hydrogen) atoms. The first kappa shape index (κ1) is 20.5. The highest BCUT2D eigenvalue weighted by Crippen LogP contribution is 2.26. The molecule has 7 nitrogen and oxygen atoms in total. The van der Waals surface area contributed by atoms with Crippen LogP contribution >= 0.6 is 11.8 Å². The van der Waals surface area contributed by atoms with E-state index in [1.807, 2.05) is 12.1 Å². The van der Waals surface area contributed by atoms with Gasteiger partial charge < -0.3 is 14.8 Å². The van der Waals surface area contributed by atoms with Gasteiger partial charge in [0.25, 0.3) is 0 Å². The molecule has 0 bridgehead atoms. The molecule has 11 heteroatoms. The van der Waals surface area contributed by atoms with E-state index >= 15 is 0 Å². The normalized spacial score (nSPS) is 11.2. The van der Waals surface area contributed by atoms with Crippen LogP contribution < -0.4 is 14.8 Å². The van der Waals surface area contributed by atoms with Gasteiger partial charge in [-0.05, 0) is 36.4 Å². The van der Waals surface area contributed by atoms with Crippen molar-refractivity contribution in [3.63, 3.8) is 0 Å². The number of benzene rings is 2. The van der Waals surface area contributed by atoms with Crippen molar-refractivity contribution in [2.24, 2.45) is 0 Å². The number of hydrogen-bond donors (Lipinski definition) is 1. The van der Waals surface area contributed by atoms with Gasteiger partial charge in [0, 0.05) is 17.4 Å². The zero-order chi connectivity index (χ0) is 20.9. The van der Waals surface area contributed by atoms with Gasteiger partial charge in [-0.2, -0.15) is 0 Å². The first-order chi connectivity index (χ1) is 13.8. The summed E-state index contributed by atoms with van der Waals surface area (Å²) in [5.41, 5.74) is 0.977. The highest BCUT2D eigenvalue weighted by Gasteiger charge is 2.31. The van der Waals surface area contributed by atoms with E-state index in [9.17, 15) is 18.0 Å². The molecule has 0 atom stereocenters. The fourth-order valence-corrected chi connectivity index (χ4v) is 3.07. The number of nitrogens with zero attached hydrogens (tertiary/aromatic N) is 3. The van der Waals surface area contributed by atoms with E-state index < -0.39 is 18.0 Å². The third-order valence-corrected chi connectivity index (χ3v) is 4.49. The van der Waals surface area contributed by atoms with Crippen LogP contribution in [0.15, 0.2) is 60.0 Å². The molecule has 0 saturated heterocycles. The van der Waals surface area contributed by atoms with Crippen LogP contribution in [0.2, 0.25) is 0 Å². The molecule has 0 spiro atoms. The van der Waals surface area contributed by atoms with Crippen molar-refractivity contribution in [3.05, 3.63) is 54.9 Å². The molecule has 3 rings (SSSR count). The molecule has 0 aliphatic rings. The molecule has 1 N–H and O–H groups in total. The van der Waals surface area contributed by atoms with Gasteiger partial charge in [-0.1, -0.05) is 17.8 Å². The summed E-state index contributed by atoms with van der Waals surface area (Å²) in [6.07, 6.45) is -3.29. The smallest absolute Gasteiger partial charge is 0.497 e. The maximum absolute atomic E-state index is 12.3. The molecule has 3 aromatic rings. The second kappa shape index (κ2) is 8.86. The van der Waals surface area contributed by atoms with Crippen molar-refractivity contribution in [2.75, 3.05) is 18.2 Å². The van der Waals surface area contributed by atoms with Gasteiger partial charge in [-0.3, -0.25) is 9.36 Å². The first-order valence-corrected chi connectivity index (χ1v) is 9.15. The average Bonchev–Trinajstić information content (AvgIpc) is 3.14. The van der Waals surface area contributed by atoms with E-state index in [0.717, 1.165) is 29.6 Å². The predicted octanol–water partition coefficient (Wildman–Crippen LogP) is 3.91. The lowest BCUT2D eigenvalue weighted by Crippen LogP contribution is -2.18. The molecule has 1 amide bonds. The van der Waals surface area contributed by atoms with Crippen molar-refractivity contribution >= 4 is 23.4 Å². The second-order valence-corrected chi connectivity index (χ2v) is 6.54. The summed E-state index contributed by atoms with van der Waals surface area (Å²) in [6, 6.07) is 12.3. The lowest BCUT2D eigenvalue weighted by molar-refractivity contribution is -0.274. The zero-order valence-corrected chi connectivity index (χ0v) is 15.8. The van der Waals surface area contributed by atoms with Crippen molar-refractivity contribution in [3.8, 4) is 17.2 Å². The van der Waals surface area contributed by atoms with Crippen molar-refractivity contribution < 1.29 is 27.4 Å². The van der Waals surface area contributed by atoms with Crippen LogP contribution in [0.3, 0.4) is 0 Å². The number of methoxy groups -OCH3 is 1. The van der Waals surface area contributed by atoms with E-state index in [0.29, 0.717) is 10.9 Å². The Kier molecular flexibility index (Phi) is 6.27. The Labute approximate surface area is 167 Å². The lowest BCUT2D eigenvalue weighted by atomic mass is 10.3. The molecule has 2 aromatic carbocycles. The van der Waals surface area contributed by atoms with Gasteiger partial charge in [-0.25, -0.2) is 0 Å². The standard InChI is InChI=1S/C18H15F3N4O3S/c1-27-14-7-5-13(6-8-14)25-11-22-24-17(25)29-10-16(26)23-12-3-2-4-15(9-12)28-18(19,20)21/h2-9,11H,10H2,1H3,(H,23,26). The van der Waals surface area contributed by atoms with Gasteiger partial charge in [0.05, 0.1) is 12.9 Å². The van der Waals surface area contributed by atoms with Crippen molar-refractivity contribution in [1.82, 2.24) is 14.8 Å². The minimum atomic E-state index is -4.80. The Morgan fingerprint density at radius 3 is 2.62 bits per heavy atom. The molecule has 0 radical (unpaired) electrons. The van der Waals surface area contributed by atoms with E-state index in [1.165, 1.54) is 18.5 Å². The maximum Gasteiger partial charge on any atom is 0.573 e. The Hall–Kier alpha value is -3.21. The van der Waals surface area contributed by atoms with Gasteiger partial charge in [0.2, 0.25) is 5.91 Å². The number of carbonyl (C=O) groups is 1. The number of ether oxygens (including phenoxy) is 2. The van der Waals surface area contributed by atoms with Crippen LogP contribution in [0.25, 0.3) is 5.69 Å². The Morgan fingerprint density at radius 1 is 1.17 bits per heavy atom. The summed E-state index contributed by atoms with van der Waals surface area (Å²) < 4.78 is 47.6. The van der Waals surface area contributed by atoms with Crippen LogP contribution in [0.1, 0.15) is 0 Å². The monoisotopic (exact) mass is 424 g/mol. The number of carbonyl (C=O) groups excluding carboxylic acids is 1. The van der Waals surface area contributed by atoms with E-state index in [-0.39, 0.29) is 11.4 Å². The molecule has 0 unspecified atom stereocenters. The number of nitrogens with one attached hydrogen (secondary N) is 1. The second-order valence-electron chi connectivity index (χ2n) is 5.59. The Morgan fingerprint density at radius 2 is 1.93 bits per heavy atom.